The van der Waals surface area contributed by atoms with Crippen LogP contribution >= 0.6 is 0 Å². The smallest absolute Gasteiger partial charge is 0.258 e. The standard InChI is InChI=1S/C24H24N2O3/c1-17(2)29-22-15-13-20(14-16-22)25-23(27)18-9-11-19(12-10-18)24(28)26(3)21-7-5-4-6-8-21/h4-17H,1-3H3,(H,25,27). The third-order valence-electron chi connectivity index (χ3n) is 4.33. The first-order valence-electron chi connectivity index (χ1n) is 9.45. The van der Waals surface area contributed by atoms with Gasteiger partial charge < -0.3 is 15.0 Å². The SMILES string of the molecule is CC(C)Oc1ccc(NC(=O)c2ccc(C(=O)N(C)c3ccccc3)cc2)cc1. The van der Waals surface area contributed by atoms with Crippen LogP contribution in [0.3, 0.4) is 0 Å². The third kappa shape index (κ3) is 5.23. The molecule has 0 aromatic heterocycles. The Bertz CT molecular complexity index is 965. The van der Waals surface area contributed by atoms with Crippen molar-refractivity contribution in [1.82, 2.24) is 0 Å². The second kappa shape index (κ2) is 9.06. The highest BCUT2D eigenvalue weighted by molar-refractivity contribution is 6.08. The van der Waals surface area contributed by atoms with Crippen molar-refractivity contribution in [2.75, 3.05) is 17.3 Å². The van der Waals surface area contributed by atoms with E-state index in [0.717, 1.165) is 11.4 Å². The van der Waals surface area contributed by atoms with E-state index < -0.39 is 0 Å². The molecular formula is C24H24N2O3. The first-order chi connectivity index (χ1) is 13.9. The molecule has 0 saturated carbocycles. The van der Waals surface area contributed by atoms with Crippen molar-refractivity contribution in [2.24, 2.45) is 0 Å². The number of ether oxygens (including phenoxy) is 1. The van der Waals surface area contributed by atoms with Gasteiger partial charge in [0.15, 0.2) is 0 Å². The molecule has 0 saturated heterocycles. The third-order valence-corrected chi connectivity index (χ3v) is 4.33. The Balaban J connectivity index is 1.65. The number of amides is 2. The number of para-hydroxylation sites is 1. The van der Waals surface area contributed by atoms with Crippen LogP contribution in [0.4, 0.5) is 11.4 Å². The molecule has 1 N–H and O–H groups in total. The lowest BCUT2D eigenvalue weighted by Gasteiger charge is -2.17. The van der Waals surface area contributed by atoms with E-state index in [1.165, 1.54) is 0 Å². The van der Waals surface area contributed by atoms with E-state index in [1.807, 2.05) is 56.3 Å². The summed E-state index contributed by atoms with van der Waals surface area (Å²) in [6.07, 6.45) is 0.0950. The van der Waals surface area contributed by atoms with E-state index in [4.69, 9.17) is 4.74 Å². The summed E-state index contributed by atoms with van der Waals surface area (Å²) in [4.78, 5) is 26.7. The number of hydrogen-bond donors (Lipinski definition) is 1. The average Bonchev–Trinajstić information content (AvgIpc) is 2.74. The van der Waals surface area contributed by atoms with Gasteiger partial charge in [-0.3, -0.25) is 9.59 Å². The Labute approximate surface area is 170 Å². The van der Waals surface area contributed by atoms with E-state index in [-0.39, 0.29) is 17.9 Å². The molecule has 5 nitrogen and oxygen atoms in total. The van der Waals surface area contributed by atoms with Gasteiger partial charge in [0.25, 0.3) is 11.8 Å². The first-order valence-corrected chi connectivity index (χ1v) is 9.45. The number of anilines is 2. The minimum atomic E-state index is -0.238. The molecule has 148 valence electrons. The van der Waals surface area contributed by atoms with Crippen LogP contribution in [0.2, 0.25) is 0 Å². The van der Waals surface area contributed by atoms with E-state index in [9.17, 15) is 9.59 Å². The van der Waals surface area contributed by atoms with Crippen LogP contribution in [0.15, 0.2) is 78.9 Å². The number of carbonyl (C=O) groups excluding carboxylic acids is 2. The zero-order chi connectivity index (χ0) is 20.8. The van der Waals surface area contributed by atoms with Gasteiger partial charge in [-0.25, -0.2) is 0 Å². The second-order valence-electron chi connectivity index (χ2n) is 6.92. The molecule has 29 heavy (non-hydrogen) atoms. The highest BCUT2D eigenvalue weighted by Gasteiger charge is 2.14. The van der Waals surface area contributed by atoms with Crippen LogP contribution in [0.25, 0.3) is 0 Å². The van der Waals surface area contributed by atoms with Gasteiger partial charge in [0.1, 0.15) is 5.75 Å². The Hall–Kier alpha value is -3.60. The zero-order valence-electron chi connectivity index (χ0n) is 16.8. The Kier molecular flexibility index (Phi) is 6.29. The van der Waals surface area contributed by atoms with Gasteiger partial charge in [-0.2, -0.15) is 0 Å². The topological polar surface area (TPSA) is 58.6 Å². The van der Waals surface area contributed by atoms with Gasteiger partial charge in [0.05, 0.1) is 6.10 Å². The van der Waals surface area contributed by atoms with Crippen LogP contribution in [0.5, 0.6) is 5.75 Å². The van der Waals surface area contributed by atoms with Crippen LogP contribution in [-0.2, 0) is 0 Å². The number of carbonyl (C=O) groups is 2. The number of nitrogens with zero attached hydrogens (tertiary/aromatic N) is 1. The molecule has 0 spiro atoms. The predicted molar refractivity (Wildman–Crippen MR) is 116 cm³/mol. The lowest BCUT2D eigenvalue weighted by atomic mass is 10.1. The van der Waals surface area contributed by atoms with Gasteiger partial charge in [-0.05, 0) is 74.5 Å². The summed E-state index contributed by atoms with van der Waals surface area (Å²) in [6.45, 7) is 3.92. The largest absolute Gasteiger partial charge is 0.491 e. The predicted octanol–water partition coefficient (Wildman–Crippen LogP) is 5.00. The molecule has 5 heteroatoms. The Morgan fingerprint density at radius 1 is 0.828 bits per heavy atom. The summed E-state index contributed by atoms with van der Waals surface area (Å²) >= 11 is 0. The van der Waals surface area contributed by atoms with E-state index >= 15 is 0 Å². The van der Waals surface area contributed by atoms with Crippen LogP contribution in [0.1, 0.15) is 34.6 Å². The summed E-state index contributed by atoms with van der Waals surface area (Å²) in [5.41, 5.74) is 2.48. The fourth-order valence-electron chi connectivity index (χ4n) is 2.82. The number of benzene rings is 3. The molecule has 0 heterocycles. The quantitative estimate of drug-likeness (QED) is 0.646. The van der Waals surface area contributed by atoms with Crippen LogP contribution in [-0.4, -0.2) is 25.0 Å². The summed E-state index contributed by atoms with van der Waals surface area (Å²) in [6, 6.07) is 23.3. The normalized spacial score (nSPS) is 10.5. The van der Waals surface area contributed by atoms with Gasteiger partial charge in [-0.1, -0.05) is 18.2 Å². The molecule has 0 atom stereocenters. The zero-order valence-corrected chi connectivity index (χ0v) is 16.8. The number of rotatable bonds is 6. The highest BCUT2D eigenvalue weighted by atomic mass is 16.5. The van der Waals surface area contributed by atoms with Crippen molar-refractivity contribution in [1.29, 1.82) is 0 Å². The molecule has 3 aromatic carbocycles. The molecule has 0 bridgehead atoms. The monoisotopic (exact) mass is 388 g/mol. The molecule has 0 aliphatic carbocycles. The maximum atomic E-state index is 12.6. The van der Waals surface area contributed by atoms with Gasteiger partial charge in [0.2, 0.25) is 0 Å². The highest BCUT2D eigenvalue weighted by Crippen LogP contribution is 2.19. The molecule has 0 fully saturated rings. The van der Waals surface area contributed by atoms with E-state index in [0.29, 0.717) is 16.8 Å². The minimum absolute atomic E-state index is 0.0950. The molecule has 0 radical (unpaired) electrons. The van der Waals surface area contributed by atoms with Crippen molar-refractivity contribution < 1.29 is 14.3 Å². The molecule has 0 aliphatic heterocycles. The van der Waals surface area contributed by atoms with E-state index in [1.54, 1.807) is 48.3 Å². The number of hydrogen-bond acceptors (Lipinski definition) is 3. The summed E-state index contributed by atoms with van der Waals surface area (Å²) in [5, 5.41) is 2.85. The lowest BCUT2D eigenvalue weighted by Crippen LogP contribution is -2.26. The molecule has 3 aromatic rings. The fourth-order valence-corrected chi connectivity index (χ4v) is 2.82. The van der Waals surface area contributed by atoms with Crippen LogP contribution < -0.4 is 15.0 Å². The Morgan fingerprint density at radius 2 is 1.41 bits per heavy atom. The maximum absolute atomic E-state index is 12.6. The van der Waals surface area contributed by atoms with Crippen LogP contribution in [0, 0.1) is 0 Å². The molecular weight excluding hydrogens is 364 g/mol. The molecule has 0 unspecified atom stereocenters. The van der Waals surface area contributed by atoms with E-state index in [2.05, 4.69) is 5.32 Å². The van der Waals surface area contributed by atoms with Gasteiger partial charge in [0, 0.05) is 29.5 Å². The van der Waals surface area contributed by atoms with Crippen molar-refractivity contribution in [3.05, 3.63) is 90.0 Å². The first kappa shape index (κ1) is 20.1. The average molecular weight is 388 g/mol. The number of nitrogens with one attached hydrogen (secondary N) is 1. The Morgan fingerprint density at radius 3 is 2.00 bits per heavy atom. The molecule has 0 aliphatic rings. The molecule has 3 rings (SSSR count). The summed E-state index contributed by atoms with van der Waals surface area (Å²) in [7, 11) is 1.73. The van der Waals surface area contributed by atoms with Crippen molar-refractivity contribution >= 4 is 23.2 Å². The van der Waals surface area contributed by atoms with Gasteiger partial charge >= 0.3 is 0 Å². The summed E-state index contributed by atoms with van der Waals surface area (Å²) in [5.74, 6) is 0.380. The minimum Gasteiger partial charge on any atom is -0.491 e. The summed E-state index contributed by atoms with van der Waals surface area (Å²) < 4.78 is 5.60. The second-order valence-corrected chi connectivity index (χ2v) is 6.92. The maximum Gasteiger partial charge on any atom is 0.258 e. The molecule has 2 amide bonds. The fraction of sp³-hybridized carbons (Fsp3) is 0.167. The van der Waals surface area contributed by atoms with Gasteiger partial charge in [-0.15, -0.1) is 0 Å². The van der Waals surface area contributed by atoms with Crippen molar-refractivity contribution in [3.63, 3.8) is 0 Å². The lowest BCUT2D eigenvalue weighted by molar-refractivity contribution is 0.0989. The van der Waals surface area contributed by atoms with Crippen molar-refractivity contribution in [2.45, 2.75) is 20.0 Å². The van der Waals surface area contributed by atoms with Crippen molar-refractivity contribution in [3.8, 4) is 5.75 Å².